The van der Waals surface area contributed by atoms with Gasteiger partial charge in [-0.05, 0) is 132 Å². The Morgan fingerprint density at radius 2 is 0.310 bits per heavy atom. The molecular weight excluding hydrogens is 903 g/mol. The minimum Gasteiger partial charge on any atom is -0.344 e. The van der Waals surface area contributed by atoms with Gasteiger partial charge in [-0.1, -0.05) is 94.5 Å². The second kappa shape index (κ2) is 10.3. The minimum absolute atomic E-state index is 0. The Bertz CT molecular complexity index is 786. The van der Waals surface area contributed by atoms with Gasteiger partial charge in [0.05, 0.1) is 0 Å². The fraction of sp³-hybridized carbons (Fsp3) is 0. The second-order valence-corrected chi connectivity index (χ2v) is 123. The summed E-state index contributed by atoms with van der Waals surface area (Å²) in [5.74, 6) is 0. The van der Waals surface area contributed by atoms with Crippen LogP contribution >= 0.6 is 161 Å². The third-order valence-corrected chi connectivity index (χ3v) is 194. The Hall–Kier alpha value is 9.36. The summed E-state index contributed by atoms with van der Waals surface area (Å²) in [6.45, 7) is 0. The van der Waals surface area contributed by atoms with E-state index in [4.69, 9.17) is 94.5 Å². The maximum atomic E-state index is 5.75. The summed E-state index contributed by atoms with van der Waals surface area (Å²) >= 11 is 69.1. The number of rotatable bonds is 0. The van der Waals surface area contributed by atoms with Crippen molar-refractivity contribution in [1.82, 2.24) is 6.15 Å². The fourth-order valence-electron chi connectivity index (χ4n) is 1.83. The van der Waals surface area contributed by atoms with E-state index in [0.29, 0.717) is 0 Å². The SMILES string of the molecule is N.S=P12SP3(=S)SP(=S)(S1)SP(=S)(S2)S3.S=P12SP3(=S)SP(=S)(S1)SP(=S)(S2)S3. The van der Waals surface area contributed by atoms with E-state index in [1.54, 1.807) is 0 Å². The largest absolute Gasteiger partial charge is 0.344 e. The molecule has 0 aromatic heterocycles. The maximum absolute atomic E-state index is 5.75. The summed E-state index contributed by atoms with van der Waals surface area (Å²) in [7, 11) is 0. The first kappa shape index (κ1) is 31.3. The molecule has 0 amide bonds. The molecular formula is H3NP8S20. The number of hydrogen-bond donors (Lipinski definition) is 1. The highest BCUT2D eigenvalue weighted by atomic mass is 34.1. The molecule has 0 unspecified atom stereocenters. The molecule has 29 heavy (non-hydrogen) atoms. The van der Waals surface area contributed by atoms with E-state index in [9.17, 15) is 0 Å². The van der Waals surface area contributed by atoms with Gasteiger partial charge in [0.25, 0.3) is 0 Å². The van der Waals surface area contributed by atoms with E-state index < -0.39 is 29.1 Å². The third kappa shape index (κ3) is 7.06. The summed E-state index contributed by atoms with van der Waals surface area (Å²) in [5, 5.41) is 0. The normalized spacial score (nSPS) is 63.4. The molecule has 8 fully saturated rings. The van der Waals surface area contributed by atoms with Gasteiger partial charge in [0, 0.05) is 0 Å². The predicted molar refractivity (Wildman–Crippen MR) is 210 cm³/mol. The lowest BCUT2D eigenvalue weighted by Crippen LogP contribution is -1.83. The molecule has 8 bridgehead atoms. The van der Waals surface area contributed by atoms with Gasteiger partial charge in [0.2, 0.25) is 0 Å². The Labute approximate surface area is 256 Å². The highest BCUT2D eigenvalue weighted by Crippen LogP contribution is 3.31. The van der Waals surface area contributed by atoms with Crippen LogP contribution in [-0.4, -0.2) is 0 Å². The van der Waals surface area contributed by atoms with E-state index in [1.165, 1.54) is 0 Å². The molecule has 0 aliphatic carbocycles. The van der Waals surface area contributed by atoms with Gasteiger partial charge in [-0.25, -0.2) is 0 Å². The van der Waals surface area contributed by atoms with Crippen LogP contribution in [0, 0.1) is 0 Å². The van der Waals surface area contributed by atoms with Crippen molar-refractivity contribution in [1.29, 1.82) is 0 Å². The third-order valence-electron chi connectivity index (χ3n) is 2.40. The van der Waals surface area contributed by atoms with E-state index in [-0.39, 0.29) is 6.15 Å². The topological polar surface area (TPSA) is 35.0 Å². The van der Waals surface area contributed by atoms with Gasteiger partial charge in [-0.3, -0.25) is 0 Å². The summed E-state index contributed by atoms with van der Waals surface area (Å²) < 4.78 is -11.3. The van der Waals surface area contributed by atoms with Crippen LogP contribution in [0.5, 0.6) is 0 Å². The zero-order valence-corrected chi connectivity index (χ0v) is 35.9. The summed E-state index contributed by atoms with van der Waals surface area (Å²) in [4.78, 5) is 0. The van der Waals surface area contributed by atoms with Gasteiger partial charge in [0.15, 0.2) is 0 Å². The van der Waals surface area contributed by atoms with Gasteiger partial charge in [0.1, 0.15) is 29.1 Å². The quantitative estimate of drug-likeness (QED) is 0.234. The van der Waals surface area contributed by atoms with Crippen molar-refractivity contribution in [2.24, 2.45) is 0 Å². The van der Waals surface area contributed by atoms with Crippen molar-refractivity contribution in [3.8, 4) is 0 Å². The maximum Gasteiger partial charge on any atom is 0.128 e. The average molecular weight is 906 g/mol. The Balaban J connectivity index is 0.000000137. The molecule has 0 spiro atoms. The Morgan fingerprint density at radius 3 is 0.379 bits per heavy atom. The van der Waals surface area contributed by atoms with Gasteiger partial charge < -0.3 is 6.15 Å². The molecule has 8 aliphatic rings. The van der Waals surface area contributed by atoms with Crippen molar-refractivity contribution in [2.45, 2.75) is 0 Å². The van der Waals surface area contributed by atoms with Crippen LogP contribution in [0.3, 0.4) is 0 Å². The molecule has 8 rings (SSSR count). The van der Waals surface area contributed by atoms with Crippen molar-refractivity contribution < 1.29 is 0 Å². The molecule has 3 N–H and O–H groups in total. The highest BCUT2D eigenvalue weighted by Gasteiger charge is 2.61. The molecule has 29 heteroatoms. The average Bonchev–Trinajstić information content (AvgIpc) is 2.21. The van der Waals surface area contributed by atoms with Crippen LogP contribution in [0.2, 0.25) is 0 Å². The lowest BCUT2D eigenvalue weighted by atomic mass is 14.0. The lowest BCUT2D eigenvalue weighted by Gasteiger charge is -2.51. The molecule has 168 valence electrons. The summed E-state index contributed by atoms with van der Waals surface area (Å²) in [5.41, 5.74) is 0. The highest BCUT2D eigenvalue weighted by molar-refractivity contribution is 9.84. The van der Waals surface area contributed by atoms with Crippen molar-refractivity contribution >= 4 is 256 Å². The first-order valence-corrected chi connectivity index (χ1v) is 52.6. The Kier molecular flexibility index (Phi) is 11.1. The van der Waals surface area contributed by atoms with Gasteiger partial charge in [-0.2, -0.15) is 0 Å². The summed E-state index contributed by atoms with van der Waals surface area (Å²) in [6, 6.07) is 0. The van der Waals surface area contributed by atoms with Gasteiger partial charge >= 0.3 is 0 Å². The van der Waals surface area contributed by atoms with Crippen LogP contribution in [0.15, 0.2) is 0 Å². The summed E-state index contributed by atoms with van der Waals surface area (Å²) in [6.07, 6.45) is 0. The van der Waals surface area contributed by atoms with E-state index in [2.05, 4.69) is 0 Å². The first-order valence-electron chi connectivity index (χ1n) is 5.84. The molecule has 0 radical (unpaired) electrons. The van der Waals surface area contributed by atoms with Crippen LogP contribution in [0.1, 0.15) is 0 Å². The minimum atomic E-state index is -1.41. The van der Waals surface area contributed by atoms with Crippen LogP contribution in [0.25, 0.3) is 0 Å². The Morgan fingerprint density at radius 1 is 0.241 bits per heavy atom. The molecule has 8 heterocycles. The van der Waals surface area contributed by atoms with Crippen LogP contribution < -0.4 is 6.15 Å². The van der Waals surface area contributed by atoms with E-state index >= 15 is 0 Å². The molecule has 0 aromatic rings. The smallest absolute Gasteiger partial charge is 0.128 e. The van der Waals surface area contributed by atoms with Crippen molar-refractivity contribution in [3.05, 3.63) is 0 Å². The standard InChI is InChI=1S/H3N.2P4S10/c;2*5-1-9-2(6)12-3(7,10-1)14-4(8,11-1)13-2/h1H3;;. The predicted octanol–water partition coefficient (Wildman–Crippen LogP) is 14.8. The van der Waals surface area contributed by atoms with Gasteiger partial charge in [-0.15, -0.1) is 0 Å². The fourth-order valence-corrected chi connectivity index (χ4v) is 444. The van der Waals surface area contributed by atoms with Crippen LogP contribution in [-0.2, 0) is 94.5 Å². The number of hydrogen-bond acceptors (Lipinski definition) is 21. The molecule has 8 saturated heterocycles. The molecule has 0 saturated carbocycles. The monoisotopic (exact) mass is 904 g/mol. The first-order chi connectivity index (χ1) is 12.5. The van der Waals surface area contributed by atoms with E-state index in [1.807, 2.05) is 132 Å². The van der Waals surface area contributed by atoms with Crippen molar-refractivity contribution in [2.75, 3.05) is 0 Å². The second-order valence-electron chi connectivity index (χ2n) is 4.56. The molecule has 1 nitrogen and oxygen atoms in total. The van der Waals surface area contributed by atoms with Crippen molar-refractivity contribution in [3.63, 3.8) is 0 Å². The zero-order chi connectivity index (χ0) is 20.5. The molecule has 8 aliphatic heterocycles. The zero-order valence-electron chi connectivity index (χ0n) is 12.4. The molecule has 0 atom stereocenters. The van der Waals surface area contributed by atoms with E-state index in [0.717, 1.165) is 0 Å². The lowest BCUT2D eigenvalue weighted by molar-refractivity contribution is 2.13. The van der Waals surface area contributed by atoms with Crippen LogP contribution in [0.4, 0.5) is 0 Å². The molecule has 0 aromatic carbocycles.